The van der Waals surface area contributed by atoms with Gasteiger partial charge in [0.25, 0.3) is 6.71 Å². The van der Waals surface area contributed by atoms with Gasteiger partial charge in [0.1, 0.15) is 34.2 Å². The molecule has 0 radical (unpaired) electrons. The van der Waals surface area contributed by atoms with E-state index in [-0.39, 0.29) is 17.7 Å². The van der Waals surface area contributed by atoms with Gasteiger partial charge in [-0.3, -0.25) is 0 Å². The molecule has 1 saturated carbocycles. The van der Waals surface area contributed by atoms with Gasteiger partial charge in [0, 0.05) is 60.5 Å². The molecule has 1 spiro atoms. The molecular formula is C57H40BNO3S. The van der Waals surface area contributed by atoms with Gasteiger partial charge in [-0.15, -0.1) is 0 Å². The summed E-state index contributed by atoms with van der Waals surface area (Å²) in [5, 5.41) is 2.16. The van der Waals surface area contributed by atoms with Crippen LogP contribution in [0.25, 0.3) is 33.1 Å². The van der Waals surface area contributed by atoms with Crippen LogP contribution in [-0.2, 0) is 10.8 Å². The van der Waals surface area contributed by atoms with Crippen LogP contribution in [0.15, 0.2) is 172 Å². The van der Waals surface area contributed by atoms with Crippen LogP contribution >= 0.6 is 11.8 Å². The maximum Gasteiger partial charge on any atom is 0.260 e. The average Bonchev–Trinajstić information content (AvgIpc) is 3.90. The largest absolute Gasteiger partial charge is 0.458 e. The number of para-hydroxylation sites is 2. The first-order valence-electron chi connectivity index (χ1n) is 22.5. The summed E-state index contributed by atoms with van der Waals surface area (Å²) in [5.74, 6) is 3.50. The summed E-state index contributed by atoms with van der Waals surface area (Å²) in [6.45, 7) is 4.85. The Kier molecular flexibility index (Phi) is 6.58. The highest BCUT2D eigenvalue weighted by atomic mass is 32.2. The van der Waals surface area contributed by atoms with Crippen molar-refractivity contribution in [3.05, 3.63) is 186 Å². The van der Waals surface area contributed by atoms with Gasteiger partial charge in [0.05, 0.1) is 11.0 Å². The fourth-order valence-electron chi connectivity index (χ4n) is 13.3. The van der Waals surface area contributed by atoms with Gasteiger partial charge in [-0.1, -0.05) is 141 Å². The molecule has 2 aliphatic carbocycles. The third kappa shape index (κ3) is 4.13. The van der Waals surface area contributed by atoms with Gasteiger partial charge in [-0.25, -0.2) is 0 Å². The highest BCUT2D eigenvalue weighted by Crippen LogP contribution is 2.65. The number of furan rings is 1. The summed E-state index contributed by atoms with van der Waals surface area (Å²) >= 11 is 1.88. The van der Waals surface area contributed by atoms with Gasteiger partial charge < -0.3 is 18.8 Å². The summed E-state index contributed by atoms with van der Waals surface area (Å²) in [4.78, 5) is 5.23. The number of hydrogen-bond acceptors (Lipinski definition) is 5. The maximum absolute atomic E-state index is 7.63. The van der Waals surface area contributed by atoms with Crippen molar-refractivity contribution in [2.45, 2.75) is 65.7 Å². The molecule has 4 aliphatic heterocycles. The zero-order valence-corrected chi connectivity index (χ0v) is 35.8. The molecule has 300 valence electrons. The van der Waals surface area contributed by atoms with Gasteiger partial charge in [0.15, 0.2) is 0 Å². The quantitative estimate of drug-likeness (QED) is 0.154. The van der Waals surface area contributed by atoms with E-state index < -0.39 is 5.41 Å². The maximum atomic E-state index is 7.63. The molecule has 2 unspecified atom stereocenters. The molecule has 0 amide bonds. The first-order chi connectivity index (χ1) is 31.0. The van der Waals surface area contributed by atoms with Crippen LogP contribution in [0.5, 0.6) is 23.0 Å². The van der Waals surface area contributed by atoms with E-state index in [1.807, 2.05) is 17.8 Å². The van der Waals surface area contributed by atoms with Crippen LogP contribution in [0.2, 0.25) is 0 Å². The van der Waals surface area contributed by atoms with Crippen LogP contribution in [0, 0.1) is 0 Å². The predicted molar refractivity (Wildman–Crippen MR) is 256 cm³/mol. The molecule has 1 aromatic heterocycles. The van der Waals surface area contributed by atoms with Crippen molar-refractivity contribution in [3.8, 4) is 34.1 Å². The fourth-order valence-corrected chi connectivity index (χ4v) is 14.5. The molecule has 8 aromatic carbocycles. The van der Waals surface area contributed by atoms with Gasteiger partial charge in [-0.05, 0) is 100 Å². The zero-order chi connectivity index (χ0) is 41.4. The number of fused-ring (bicyclic) bond motifs is 20. The number of rotatable bonds is 1. The summed E-state index contributed by atoms with van der Waals surface area (Å²) < 4.78 is 21.4. The van der Waals surface area contributed by atoms with Crippen molar-refractivity contribution in [3.63, 3.8) is 0 Å². The number of benzene rings is 8. The van der Waals surface area contributed by atoms with E-state index in [0.29, 0.717) is 0 Å². The molecule has 6 aliphatic rings. The Hall–Kier alpha value is -6.63. The molecular weight excluding hydrogens is 790 g/mol. The normalized spacial score (nSPS) is 21.0. The Morgan fingerprint density at radius 1 is 0.556 bits per heavy atom. The van der Waals surface area contributed by atoms with Crippen molar-refractivity contribution in [2.75, 3.05) is 4.90 Å². The van der Waals surface area contributed by atoms with E-state index in [4.69, 9.17) is 13.9 Å². The van der Waals surface area contributed by atoms with Crippen LogP contribution < -0.4 is 30.8 Å². The number of nitrogens with zero attached hydrogens (tertiary/aromatic N) is 1. The molecule has 9 aromatic rings. The first kappa shape index (κ1) is 34.9. The SMILES string of the molecule is CC12CCCCC1(C)N(c1cc3c4c(c1)Oc1c(ccc5c1-c1ccccc1C51c5ccccc5Sc5ccccc51)B4c1cc4oc5ccccc5c4cc1O3)c1ccccc12. The molecule has 6 heteroatoms. The fraction of sp³-hybridized carbons (Fsp3) is 0.158. The number of hydrogen-bond donors (Lipinski definition) is 0. The zero-order valence-electron chi connectivity index (χ0n) is 35.0. The Morgan fingerprint density at radius 2 is 1.24 bits per heavy atom. The molecule has 15 rings (SSSR count). The van der Waals surface area contributed by atoms with E-state index in [9.17, 15) is 0 Å². The summed E-state index contributed by atoms with van der Waals surface area (Å²) in [6.07, 6.45) is 4.72. The van der Waals surface area contributed by atoms with Crippen molar-refractivity contribution in [2.24, 2.45) is 0 Å². The smallest absolute Gasteiger partial charge is 0.260 e. The van der Waals surface area contributed by atoms with E-state index in [1.54, 1.807) is 0 Å². The summed E-state index contributed by atoms with van der Waals surface area (Å²) in [7, 11) is 0. The van der Waals surface area contributed by atoms with Crippen LogP contribution in [0.3, 0.4) is 0 Å². The second-order valence-electron chi connectivity index (χ2n) is 18.9. The van der Waals surface area contributed by atoms with Crippen LogP contribution in [0.1, 0.15) is 67.3 Å². The topological polar surface area (TPSA) is 34.8 Å². The van der Waals surface area contributed by atoms with Crippen molar-refractivity contribution >= 4 is 68.2 Å². The molecule has 63 heavy (non-hydrogen) atoms. The van der Waals surface area contributed by atoms with Gasteiger partial charge in [0.2, 0.25) is 0 Å². The lowest BCUT2D eigenvalue weighted by atomic mass is 9.34. The number of ether oxygens (including phenoxy) is 2. The Balaban J connectivity index is 1.03. The highest BCUT2D eigenvalue weighted by molar-refractivity contribution is 7.99. The van der Waals surface area contributed by atoms with Crippen molar-refractivity contribution in [1.82, 2.24) is 0 Å². The minimum atomic E-state index is -0.511. The molecule has 0 N–H and O–H groups in total. The van der Waals surface area contributed by atoms with Crippen molar-refractivity contribution < 1.29 is 13.9 Å². The molecule has 5 heterocycles. The lowest BCUT2D eigenvalue weighted by molar-refractivity contribution is 0.195. The highest BCUT2D eigenvalue weighted by Gasteiger charge is 2.58. The lowest BCUT2D eigenvalue weighted by Crippen LogP contribution is -2.58. The summed E-state index contributed by atoms with van der Waals surface area (Å²) in [5.41, 5.74) is 15.9. The van der Waals surface area contributed by atoms with Gasteiger partial charge >= 0.3 is 0 Å². The average molecular weight is 830 g/mol. The van der Waals surface area contributed by atoms with Crippen molar-refractivity contribution in [1.29, 1.82) is 0 Å². The molecule has 2 atom stereocenters. The third-order valence-corrected chi connectivity index (χ3v) is 17.4. The molecule has 4 nitrogen and oxygen atoms in total. The second kappa shape index (κ2) is 11.9. The van der Waals surface area contributed by atoms with Crippen LogP contribution in [0.4, 0.5) is 11.4 Å². The second-order valence-corrected chi connectivity index (χ2v) is 20.0. The minimum Gasteiger partial charge on any atom is -0.458 e. The monoisotopic (exact) mass is 829 g/mol. The third-order valence-electron chi connectivity index (χ3n) is 16.2. The lowest BCUT2D eigenvalue weighted by Gasteiger charge is -2.50. The van der Waals surface area contributed by atoms with E-state index in [1.165, 1.54) is 67.3 Å². The standard InChI is InChI=1S/C57H40BNO3S/c1-55-27-13-14-28-56(55,2)59(44-21-9-6-18-38(44)55)33-29-48-53-49(30-33)62-54-42(58(53)43-32-46-36(31-47(43)61-48)34-15-4-10-22-45(34)60-46)26-25-41-52(54)35-16-3-5-17-37(35)57(41)39-19-7-11-23-50(39)63-51-24-12-8-20-40(51)57/h3-12,15-26,29-32H,13-14,27-28H2,1-2H3. The van der Waals surface area contributed by atoms with E-state index in [0.717, 1.165) is 79.9 Å². The number of anilines is 2. The molecule has 0 bridgehead atoms. The van der Waals surface area contributed by atoms with Crippen LogP contribution in [-0.4, -0.2) is 12.3 Å². The van der Waals surface area contributed by atoms with E-state index >= 15 is 0 Å². The Bertz CT molecular complexity index is 3490. The molecule has 1 fully saturated rings. The molecule has 0 saturated heterocycles. The first-order valence-corrected chi connectivity index (χ1v) is 23.3. The predicted octanol–water partition coefficient (Wildman–Crippen LogP) is 12.9. The van der Waals surface area contributed by atoms with Gasteiger partial charge in [-0.2, -0.15) is 0 Å². The van der Waals surface area contributed by atoms with E-state index in [2.05, 4.69) is 170 Å². The summed E-state index contributed by atoms with van der Waals surface area (Å²) in [6, 6.07) is 58.4. The minimum absolute atomic E-state index is 0.0100. The Morgan fingerprint density at radius 3 is 2.06 bits per heavy atom. The Labute approximate surface area is 370 Å².